The van der Waals surface area contributed by atoms with Crippen LogP contribution in [0.25, 0.3) is 0 Å². The highest BCUT2D eigenvalue weighted by atomic mass is 35.5. The van der Waals surface area contributed by atoms with E-state index in [0.717, 1.165) is 4.57 Å². The van der Waals surface area contributed by atoms with Crippen molar-refractivity contribution < 1.29 is 18.3 Å². The van der Waals surface area contributed by atoms with Crippen LogP contribution >= 0.6 is 29.9 Å². The molecule has 2 aliphatic heterocycles. The van der Waals surface area contributed by atoms with E-state index in [1.165, 1.54) is 12.3 Å². The number of H-pyrrole nitrogens is 1. The SMILES string of the molecule is CC(C)O[P@@]1(=S)OC[C@H]2O[C@@H](n3ccc(=O)[nH]c3=O)C(Cl)(Cl)[C@@H]2O1. The van der Waals surface area contributed by atoms with E-state index in [2.05, 4.69) is 4.98 Å². The second-order valence-electron chi connectivity index (χ2n) is 5.64. The summed E-state index contributed by atoms with van der Waals surface area (Å²) in [4.78, 5) is 25.3. The number of hydrogen-bond acceptors (Lipinski definition) is 7. The molecule has 24 heavy (non-hydrogen) atoms. The molecule has 8 nitrogen and oxygen atoms in total. The van der Waals surface area contributed by atoms with Crippen LogP contribution in [-0.4, -0.2) is 38.8 Å². The van der Waals surface area contributed by atoms with E-state index in [1.807, 2.05) is 0 Å². The third kappa shape index (κ3) is 3.37. The Morgan fingerprint density at radius 1 is 1.50 bits per heavy atom. The average Bonchev–Trinajstić information content (AvgIpc) is 2.69. The van der Waals surface area contributed by atoms with Crippen molar-refractivity contribution in [1.82, 2.24) is 9.55 Å². The van der Waals surface area contributed by atoms with Gasteiger partial charge in [-0.15, -0.1) is 0 Å². The lowest BCUT2D eigenvalue weighted by Crippen LogP contribution is -2.44. The lowest BCUT2D eigenvalue weighted by Gasteiger charge is -2.36. The summed E-state index contributed by atoms with van der Waals surface area (Å²) in [6.07, 6.45) is -1.50. The molecule has 0 aliphatic carbocycles. The van der Waals surface area contributed by atoms with Gasteiger partial charge in [0.15, 0.2) is 10.6 Å². The minimum atomic E-state index is -3.02. The van der Waals surface area contributed by atoms with Gasteiger partial charge in [-0.1, -0.05) is 23.2 Å². The van der Waals surface area contributed by atoms with E-state index in [9.17, 15) is 9.59 Å². The normalized spacial score (nSPS) is 35.1. The van der Waals surface area contributed by atoms with Crippen molar-refractivity contribution in [2.24, 2.45) is 0 Å². The van der Waals surface area contributed by atoms with Gasteiger partial charge in [-0.25, -0.2) is 4.79 Å². The third-order valence-corrected chi connectivity index (χ3v) is 6.70. The number of aromatic nitrogens is 2. The first-order valence-electron chi connectivity index (χ1n) is 7.08. The molecule has 3 heterocycles. The molecule has 12 heteroatoms. The minimum Gasteiger partial charge on any atom is -0.346 e. The van der Waals surface area contributed by atoms with Crippen LogP contribution in [0.5, 0.6) is 0 Å². The molecular weight excluding hydrogens is 402 g/mol. The van der Waals surface area contributed by atoms with E-state index in [4.69, 9.17) is 53.3 Å². The fourth-order valence-corrected chi connectivity index (χ4v) is 5.87. The number of hydrogen-bond donors (Lipinski definition) is 1. The maximum absolute atomic E-state index is 12.0. The predicted molar refractivity (Wildman–Crippen MR) is 91.0 cm³/mol. The minimum absolute atomic E-state index is 0.0739. The number of nitrogens with zero attached hydrogens (tertiary/aromatic N) is 1. The number of halogens is 2. The first-order chi connectivity index (χ1) is 11.1. The molecule has 0 saturated carbocycles. The zero-order valence-corrected chi connectivity index (χ0v) is 15.9. The van der Waals surface area contributed by atoms with Crippen molar-refractivity contribution in [2.45, 2.75) is 42.7 Å². The average molecular weight is 417 g/mol. The second kappa shape index (κ2) is 6.48. The highest BCUT2D eigenvalue weighted by Gasteiger charge is 2.61. The molecule has 0 amide bonds. The first-order valence-corrected chi connectivity index (χ1v) is 10.4. The molecule has 2 aliphatic rings. The molecule has 1 aromatic heterocycles. The van der Waals surface area contributed by atoms with Gasteiger partial charge in [0.05, 0.1) is 12.7 Å². The van der Waals surface area contributed by atoms with Crippen LogP contribution in [-0.2, 0) is 30.1 Å². The van der Waals surface area contributed by atoms with Crippen molar-refractivity contribution in [3.8, 4) is 0 Å². The summed E-state index contributed by atoms with van der Waals surface area (Å²) in [6.45, 7) is 0.658. The maximum Gasteiger partial charge on any atom is 0.330 e. The number of rotatable bonds is 3. The summed E-state index contributed by atoms with van der Waals surface area (Å²) < 4.78 is 22.0. The lowest BCUT2D eigenvalue weighted by atomic mass is 10.2. The number of ether oxygens (including phenoxy) is 1. The molecule has 0 spiro atoms. The molecule has 1 aromatic rings. The fraction of sp³-hybridized carbons (Fsp3) is 0.667. The van der Waals surface area contributed by atoms with Gasteiger partial charge in [0.25, 0.3) is 5.56 Å². The molecular formula is C12H15Cl2N2O6PS. The second-order valence-corrected chi connectivity index (χ2v) is 10.0. The third-order valence-electron chi connectivity index (χ3n) is 3.43. The Kier molecular flexibility index (Phi) is 5.01. The van der Waals surface area contributed by atoms with Crippen LogP contribution in [0.3, 0.4) is 0 Å². The van der Waals surface area contributed by atoms with E-state index in [0.29, 0.717) is 0 Å². The number of fused-ring (bicyclic) bond motifs is 1. The van der Waals surface area contributed by atoms with Crippen LogP contribution in [0, 0.1) is 0 Å². The Bertz CT molecular complexity index is 796. The molecule has 3 rings (SSSR count). The predicted octanol–water partition coefficient (Wildman–Crippen LogP) is 1.67. The summed E-state index contributed by atoms with van der Waals surface area (Å²) in [5, 5.41) is 0. The Balaban J connectivity index is 1.91. The highest BCUT2D eigenvalue weighted by molar-refractivity contribution is 8.07. The monoisotopic (exact) mass is 416 g/mol. The van der Waals surface area contributed by atoms with E-state index in [1.54, 1.807) is 13.8 Å². The van der Waals surface area contributed by atoms with Gasteiger partial charge in [0, 0.05) is 12.3 Å². The molecule has 0 radical (unpaired) electrons. The summed E-state index contributed by atoms with van der Waals surface area (Å²) in [5.74, 6) is 0. The van der Waals surface area contributed by atoms with Gasteiger partial charge in [0.1, 0.15) is 12.2 Å². The van der Waals surface area contributed by atoms with Gasteiger partial charge in [0.2, 0.25) is 0 Å². The van der Waals surface area contributed by atoms with Gasteiger partial charge in [-0.05, 0) is 25.7 Å². The molecule has 1 N–H and O–H groups in total. The fourth-order valence-electron chi connectivity index (χ4n) is 2.49. The first kappa shape index (κ1) is 18.5. The van der Waals surface area contributed by atoms with Crippen LogP contribution in [0.1, 0.15) is 20.1 Å². The molecule has 0 aromatic carbocycles. The zero-order chi connectivity index (χ0) is 17.7. The summed E-state index contributed by atoms with van der Waals surface area (Å²) >= 11 is 18.2. The van der Waals surface area contributed by atoms with Crippen molar-refractivity contribution in [1.29, 1.82) is 0 Å². The molecule has 0 bridgehead atoms. The summed E-state index contributed by atoms with van der Waals surface area (Å²) in [5.41, 5.74) is -1.24. The van der Waals surface area contributed by atoms with Crippen LogP contribution in [0.2, 0.25) is 0 Å². The number of nitrogens with one attached hydrogen (secondary N) is 1. The zero-order valence-electron chi connectivity index (χ0n) is 12.7. The van der Waals surface area contributed by atoms with Gasteiger partial charge >= 0.3 is 12.4 Å². The highest BCUT2D eigenvalue weighted by Crippen LogP contribution is 2.61. The smallest absolute Gasteiger partial charge is 0.330 e. The Hall–Kier alpha value is -0.250. The topological polar surface area (TPSA) is 91.8 Å². The molecule has 134 valence electrons. The Labute approximate surface area is 152 Å². The quantitative estimate of drug-likeness (QED) is 0.591. The number of alkyl halides is 2. The van der Waals surface area contributed by atoms with Gasteiger partial charge < -0.3 is 13.8 Å². The van der Waals surface area contributed by atoms with Crippen LogP contribution in [0.15, 0.2) is 21.9 Å². The van der Waals surface area contributed by atoms with Gasteiger partial charge in [-0.3, -0.25) is 18.9 Å². The van der Waals surface area contributed by atoms with Crippen molar-refractivity contribution in [2.75, 3.05) is 6.61 Å². The summed E-state index contributed by atoms with van der Waals surface area (Å²) in [6, 6.07) is 1.17. The largest absolute Gasteiger partial charge is 0.346 e. The van der Waals surface area contributed by atoms with Crippen LogP contribution in [0.4, 0.5) is 0 Å². The molecule has 2 saturated heterocycles. The van der Waals surface area contributed by atoms with Crippen molar-refractivity contribution >= 4 is 41.7 Å². The number of aromatic amines is 1. The van der Waals surface area contributed by atoms with Gasteiger partial charge in [-0.2, -0.15) is 0 Å². The van der Waals surface area contributed by atoms with E-state index in [-0.39, 0.29) is 12.7 Å². The molecule has 0 unspecified atom stereocenters. The standard InChI is InChI=1S/C12H15Cl2N2O6PS/c1-6(2)21-23(24)19-5-7-9(22-23)12(13,14)10(20-7)16-4-3-8(17)15-11(16)18/h3-4,6-7,9-10H,5H2,1-2H3,(H,15,17,18)/t7-,9-,10-,23+/m1/s1. The maximum atomic E-state index is 12.0. The molecule has 2 fully saturated rings. The summed E-state index contributed by atoms with van der Waals surface area (Å²) in [7, 11) is 0. The van der Waals surface area contributed by atoms with E-state index >= 15 is 0 Å². The Morgan fingerprint density at radius 2 is 2.21 bits per heavy atom. The van der Waals surface area contributed by atoms with Crippen molar-refractivity contribution in [3.63, 3.8) is 0 Å². The lowest BCUT2D eigenvalue weighted by molar-refractivity contribution is -0.0651. The van der Waals surface area contributed by atoms with Crippen molar-refractivity contribution in [3.05, 3.63) is 33.1 Å². The van der Waals surface area contributed by atoms with E-state index < -0.39 is 40.7 Å². The van der Waals surface area contributed by atoms with Crippen LogP contribution < -0.4 is 11.2 Å². The Morgan fingerprint density at radius 3 is 2.83 bits per heavy atom. The molecule has 4 atom stereocenters.